The molecule has 1 unspecified atom stereocenters. The summed E-state index contributed by atoms with van der Waals surface area (Å²) in [5, 5.41) is 5.39. The van der Waals surface area contributed by atoms with Crippen molar-refractivity contribution in [1.82, 2.24) is 9.62 Å². The molecule has 10 nitrogen and oxygen atoms in total. The summed E-state index contributed by atoms with van der Waals surface area (Å²) in [6, 6.07) is 5.11. The number of ether oxygens (including phenoxy) is 2. The van der Waals surface area contributed by atoms with Crippen LogP contribution in [0, 0.1) is 0 Å². The molecule has 0 spiro atoms. The average molecular weight is 550 g/mol. The number of hydrogen-bond acceptors (Lipinski definition) is 8. The number of rotatable bonds is 7. The molecule has 1 fully saturated rings. The lowest BCUT2D eigenvalue weighted by atomic mass is 10.0. The highest BCUT2D eigenvalue weighted by Crippen LogP contribution is 2.38. The Morgan fingerprint density at radius 3 is 2.51 bits per heavy atom. The third kappa shape index (κ3) is 5.81. The van der Waals surface area contributed by atoms with Gasteiger partial charge in [-0.25, -0.2) is 13.2 Å². The summed E-state index contributed by atoms with van der Waals surface area (Å²) in [5.41, 5.74) is 1.08. The summed E-state index contributed by atoms with van der Waals surface area (Å²) in [6.07, 6.45) is 4.37. The topological polar surface area (TPSA) is 131 Å². The first-order valence-corrected chi connectivity index (χ1v) is 14.6. The van der Waals surface area contributed by atoms with Crippen LogP contribution in [-0.2, 0) is 32.4 Å². The maximum atomic E-state index is 13.4. The molecule has 1 saturated heterocycles. The lowest BCUT2D eigenvalue weighted by Crippen LogP contribution is -2.43. The Hall–Kier alpha value is -2.96. The Kier molecular flexibility index (Phi) is 8.50. The van der Waals surface area contributed by atoms with Gasteiger partial charge in [-0.2, -0.15) is 4.31 Å². The predicted molar refractivity (Wildman–Crippen MR) is 139 cm³/mol. The maximum Gasteiger partial charge on any atom is 0.414 e. The van der Waals surface area contributed by atoms with Crippen molar-refractivity contribution in [2.45, 2.75) is 62.8 Å². The van der Waals surface area contributed by atoms with E-state index in [-0.39, 0.29) is 23.6 Å². The summed E-state index contributed by atoms with van der Waals surface area (Å²) in [6.45, 7) is 1.97. The summed E-state index contributed by atoms with van der Waals surface area (Å²) in [7, 11) is -2.43. The van der Waals surface area contributed by atoms with Crippen LogP contribution in [0.4, 0.5) is 9.80 Å². The molecule has 0 radical (unpaired) electrons. The predicted octanol–water partition coefficient (Wildman–Crippen LogP) is 3.70. The Labute approximate surface area is 220 Å². The van der Waals surface area contributed by atoms with E-state index in [0.717, 1.165) is 36.1 Å². The molecule has 1 atom stereocenters. The van der Waals surface area contributed by atoms with Crippen molar-refractivity contribution in [3.05, 3.63) is 40.3 Å². The minimum Gasteiger partial charge on any atom is -0.497 e. The number of amides is 3. The van der Waals surface area contributed by atoms with Gasteiger partial charge in [0.25, 0.3) is 5.91 Å². The Morgan fingerprint density at radius 2 is 1.81 bits per heavy atom. The molecule has 4 rings (SSSR count). The number of nitrogens with zero attached hydrogens (tertiary/aromatic N) is 1. The second-order valence-electron chi connectivity index (χ2n) is 8.88. The molecule has 1 aromatic heterocycles. The number of hydrogen-bond donors (Lipinski definition) is 2. The van der Waals surface area contributed by atoms with Gasteiger partial charge < -0.3 is 14.8 Å². The van der Waals surface area contributed by atoms with E-state index in [1.807, 2.05) is 0 Å². The third-order valence-electron chi connectivity index (χ3n) is 6.55. The highest BCUT2D eigenvalue weighted by atomic mass is 32.2. The number of nitrogens with one attached hydrogen (secondary N) is 2. The zero-order valence-corrected chi connectivity index (χ0v) is 22.5. The van der Waals surface area contributed by atoms with E-state index in [1.54, 1.807) is 19.1 Å². The van der Waals surface area contributed by atoms with Crippen molar-refractivity contribution in [1.29, 1.82) is 0 Å². The highest BCUT2D eigenvalue weighted by molar-refractivity contribution is 7.89. The lowest BCUT2D eigenvalue weighted by Gasteiger charge is -2.23. The van der Waals surface area contributed by atoms with E-state index >= 15 is 0 Å². The van der Waals surface area contributed by atoms with Gasteiger partial charge in [0, 0.05) is 11.4 Å². The maximum absolute atomic E-state index is 13.4. The van der Waals surface area contributed by atoms with Crippen LogP contribution in [0.2, 0.25) is 0 Å². The van der Waals surface area contributed by atoms with Crippen molar-refractivity contribution >= 4 is 44.3 Å². The van der Waals surface area contributed by atoms with Crippen LogP contribution in [-0.4, -0.2) is 56.9 Å². The van der Waals surface area contributed by atoms with E-state index in [9.17, 15) is 22.8 Å². The molecule has 3 amide bonds. The van der Waals surface area contributed by atoms with Gasteiger partial charge >= 0.3 is 6.09 Å². The van der Waals surface area contributed by atoms with Crippen molar-refractivity contribution in [2.24, 2.45) is 0 Å². The number of carbonyl (C=O) groups excluding carboxylic acids is 3. The number of benzene rings is 1. The van der Waals surface area contributed by atoms with Gasteiger partial charge in [0.2, 0.25) is 15.9 Å². The molecule has 2 heterocycles. The molecule has 0 saturated carbocycles. The van der Waals surface area contributed by atoms with E-state index in [0.29, 0.717) is 30.0 Å². The Bertz CT molecular complexity index is 1270. The summed E-state index contributed by atoms with van der Waals surface area (Å²) in [4.78, 5) is 39.5. The van der Waals surface area contributed by atoms with Gasteiger partial charge in [0.1, 0.15) is 16.8 Å². The fourth-order valence-corrected chi connectivity index (χ4v) is 7.71. The number of sulfonamides is 1. The van der Waals surface area contributed by atoms with Crippen LogP contribution in [0.15, 0.2) is 29.2 Å². The van der Waals surface area contributed by atoms with Gasteiger partial charge in [0.05, 0.1) is 24.2 Å². The molecule has 2 aromatic rings. The van der Waals surface area contributed by atoms with E-state index in [4.69, 9.17) is 9.47 Å². The molecule has 1 aliphatic heterocycles. The van der Waals surface area contributed by atoms with Crippen LogP contribution in [0.1, 0.15) is 59.8 Å². The summed E-state index contributed by atoms with van der Waals surface area (Å²) in [5.74, 6) is -0.612. The second-order valence-corrected chi connectivity index (χ2v) is 11.9. The van der Waals surface area contributed by atoms with Crippen molar-refractivity contribution in [3.8, 4) is 5.75 Å². The minimum absolute atomic E-state index is 0.0744. The first-order valence-electron chi connectivity index (χ1n) is 12.4. The molecule has 2 aliphatic rings. The number of thiophene rings is 1. The van der Waals surface area contributed by atoms with Crippen LogP contribution < -0.4 is 15.4 Å². The molecule has 200 valence electrons. The molecular weight excluding hydrogens is 518 g/mol. The van der Waals surface area contributed by atoms with Gasteiger partial charge in [-0.15, -0.1) is 11.3 Å². The summed E-state index contributed by atoms with van der Waals surface area (Å²) >= 11 is 1.31. The summed E-state index contributed by atoms with van der Waals surface area (Å²) < 4.78 is 37.9. The zero-order chi connectivity index (χ0) is 26.6. The zero-order valence-electron chi connectivity index (χ0n) is 20.9. The number of anilines is 1. The van der Waals surface area contributed by atoms with Crippen LogP contribution in [0.5, 0.6) is 5.75 Å². The van der Waals surface area contributed by atoms with Gasteiger partial charge in [-0.1, -0.05) is 6.42 Å². The molecule has 1 aromatic carbocycles. The van der Waals surface area contributed by atoms with E-state index < -0.39 is 34.0 Å². The monoisotopic (exact) mass is 549 g/mol. The Balaban J connectivity index is 1.60. The number of carbonyl (C=O) groups is 3. The third-order valence-corrected chi connectivity index (χ3v) is 9.68. The largest absolute Gasteiger partial charge is 0.497 e. The number of alkyl carbamates (subject to hydrolysis) is 1. The lowest BCUT2D eigenvalue weighted by molar-refractivity contribution is -0.119. The highest BCUT2D eigenvalue weighted by Gasteiger charge is 2.40. The normalized spacial score (nSPS) is 17.9. The molecule has 37 heavy (non-hydrogen) atoms. The standard InChI is InChI=1S/C25H31N3O7S2/c1-3-35-25(31)27-23(30)21-18-8-5-4-6-10-20(18)36-24(21)26-22(29)19-9-7-15-28(19)37(32,33)17-13-11-16(34-2)12-14-17/h11-14,19H,3-10,15H2,1-2H3,(H,26,29)(H,27,30,31). The van der Waals surface area contributed by atoms with Gasteiger partial charge in [-0.05, 0) is 75.3 Å². The molecule has 0 bridgehead atoms. The van der Waals surface area contributed by atoms with Crippen LogP contribution >= 0.6 is 11.3 Å². The van der Waals surface area contributed by atoms with Crippen molar-refractivity contribution < 1.29 is 32.3 Å². The SMILES string of the molecule is CCOC(=O)NC(=O)c1c(NC(=O)C2CCCN2S(=O)(=O)c2ccc(OC)cc2)sc2c1CCCCC2. The number of methoxy groups -OCH3 is 1. The van der Waals surface area contributed by atoms with Gasteiger partial charge in [-0.3, -0.25) is 14.9 Å². The van der Waals surface area contributed by atoms with Crippen LogP contribution in [0.3, 0.4) is 0 Å². The van der Waals surface area contributed by atoms with Crippen molar-refractivity contribution in [3.63, 3.8) is 0 Å². The molecule has 2 N–H and O–H groups in total. The van der Waals surface area contributed by atoms with Crippen molar-refractivity contribution in [2.75, 3.05) is 25.6 Å². The first-order chi connectivity index (χ1) is 17.8. The molecule has 12 heteroatoms. The number of imide groups is 1. The van der Waals surface area contributed by atoms with Gasteiger partial charge in [0.15, 0.2) is 0 Å². The fourth-order valence-electron chi connectivity index (χ4n) is 4.76. The molecular formula is C25H31N3O7S2. The number of fused-ring (bicyclic) bond motifs is 1. The fraction of sp³-hybridized carbons (Fsp3) is 0.480. The first kappa shape index (κ1) is 27.1. The average Bonchev–Trinajstić information content (AvgIpc) is 3.44. The van der Waals surface area contributed by atoms with E-state index in [1.165, 1.54) is 34.9 Å². The minimum atomic E-state index is -3.93. The number of aryl methyl sites for hydroxylation is 1. The molecule has 1 aliphatic carbocycles. The second kappa shape index (κ2) is 11.6. The quantitative estimate of drug-likeness (QED) is 0.504. The van der Waals surface area contributed by atoms with E-state index in [2.05, 4.69) is 10.6 Å². The Morgan fingerprint density at radius 1 is 1.08 bits per heavy atom. The smallest absolute Gasteiger partial charge is 0.414 e. The van der Waals surface area contributed by atoms with Crippen LogP contribution in [0.25, 0.3) is 0 Å².